The minimum atomic E-state index is -0.194. The third kappa shape index (κ3) is 7.98. The second-order valence-corrected chi connectivity index (χ2v) is 16.4. The minimum absolute atomic E-state index is 0. The number of imide groups is 1. The Bertz CT molecular complexity index is 1310. The number of hydrogen-bond acceptors (Lipinski definition) is 7. The molecule has 1 aliphatic heterocycles. The van der Waals surface area contributed by atoms with E-state index in [2.05, 4.69) is 34.6 Å². The first-order valence-electron chi connectivity index (χ1n) is 12.2. The normalized spacial score (nSPS) is 13.9. The summed E-state index contributed by atoms with van der Waals surface area (Å²) >= 11 is 16.2. The van der Waals surface area contributed by atoms with Crippen LogP contribution in [0.4, 0.5) is 0 Å². The molecule has 0 bridgehead atoms. The van der Waals surface area contributed by atoms with Gasteiger partial charge >= 0.3 is 383 Å². The molecule has 194 valence electrons. The number of thioether (sulfide) groups is 1. The number of carbonyl (C=O) groups is 2. The van der Waals surface area contributed by atoms with Crippen molar-refractivity contribution in [3.8, 4) is 19.1 Å². The molecule has 1 aliphatic rings. The summed E-state index contributed by atoms with van der Waals surface area (Å²) in [5.41, 5.74) is 1.08. The standard InChI is InChI=1S/C27H33NO2S5Se.2Cs/c1-7-9-10-14(8-2)13-28-24(29)19-20(25(28)30)23(27(3,4)5)36-22(19)21-15(31)11-17(34-21)18-12-16(32)26(33-6)35-18;;/h11-12,14,31-32H,7-10,13H2,1-6H3;;/q;2*+1/p-2. The topological polar surface area (TPSA) is 37.4 Å². The molecule has 0 aromatic carbocycles. The van der Waals surface area contributed by atoms with Crippen LogP contribution in [0.15, 0.2) is 26.1 Å². The maximum absolute atomic E-state index is 13.8. The van der Waals surface area contributed by atoms with Crippen LogP contribution in [-0.2, 0) is 30.7 Å². The smallest absolute Gasteiger partial charge is 1.00 e. The number of unbranched alkanes of at least 4 members (excludes halogenated alkanes) is 1. The Morgan fingerprint density at radius 2 is 1.61 bits per heavy atom. The number of amides is 2. The van der Waals surface area contributed by atoms with Gasteiger partial charge in [-0.05, 0) is 0 Å². The molecule has 38 heavy (non-hydrogen) atoms. The van der Waals surface area contributed by atoms with E-state index in [0.717, 1.165) is 63.2 Å². The predicted molar refractivity (Wildman–Crippen MR) is 160 cm³/mol. The average molecular weight is 907 g/mol. The SMILES string of the molecule is CCCCC(CC)CN1C(=O)c2c(-c3sc(-c4cc([S-])c(SC)s4)cc3[S-])[se]c(C(C)(C)C)c2C1=O.[Cs+].[Cs+]. The van der Waals surface area contributed by atoms with E-state index in [-0.39, 0.29) is 170 Å². The molecular weight excluding hydrogens is 875 g/mol. The van der Waals surface area contributed by atoms with E-state index in [9.17, 15) is 9.59 Å². The average Bonchev–Trinajstić information content (AvgIpc) is 3.56. The summed E-state index contributed by atoms with van der Waals surface area (Å²) in [4.78, 5) is 33.9. The quantitative estimate of drug-likeness (QED) is 0.142. The summed E-state index contributed by atoms with van der Waals surface area (Å²) < 4.78 is 3.24. The molecule has 3 nitrogen and oxygen atoms in total. The number of carbonyl (C=O) groups excluding carboxylic acids is 2. The van der Waals surface area contributed by atoms with Gasteiger partial charge in [0.05, 0.1) is 0 Å². The maximum atomic E-state index is 13.8. The monoisotopic (exact) mass is 907 g/mol. The van der Waals surface area contributed by atoms with Crippen LogP contribution in [-0.4, -0.2) is 44.0 Å². The van der Waals surface area contributed by atoms with Crippen LogP contribution in [0.5, 0.6) is 0 Å². The van der Waals surface area contributed by atoms with Crippen molar-refractivity contribution < 1.29 is 147 Å². The summed E-state index contributed by atoms with van der Waals surface area (Å²) in [7, 11) is 0. The number of fused-ring (bicyclic) bond motifs is 1. The zero-order valence-corrected chi connectivity index (χ0v) is 41.8. The first-order valence-corrected chi connectivity index (χ1v) is 17.6. The van der Waals surface area contributed by atoms with Crippen molar-refractivity contribution in [3.63, 3.8) is 0 Å². The minimum Gasteiger partial charge on any atom is 1.00 e. The van der Waals surface area contributed by atoms with Gasteiger partial charge in [-0.25, -0.2) is 0 Å². The molecule has 4 heterocycles. The number of thiophene rings is 2. The van der Waals surface area contributed by atoms with Crippen molar-refractivity contribution in [3.05, 3.63) is 27.7 Å². The Morgan fingerprint density at radius 1 is 1.00 bits per heavy atom. The molecule has 0 saturated carbocycles. The van der Waals surface area contributed by atoms with E-state index in [1.54, 1.807) is 34.4 Å². The van der Waals surface area contributed by atoms with Crippen LogP contribution in [0.1, 0.15) is 85.5 Å². The molecule has 0 saturated heterocycles. The van der Waals surface area contributed by atoms with E-state index in [4.69, 9.17) is 25.3 Å². The molecule has 0 N–H and O–H groups in total. The van der Waals surface area contributed by atoms with Gasteiger partial charge in [0.15, 0.2) is 0 Å². The third-order valence-electron chi connectivity index (χ3n) is 6.49. The van der Waals surface area contributed by atoms with Gasteiger partial charge in [0.1, 0.15) is 0 Å². The van der Waals surface area contributed by atoms with Gasteiger partial charge in [-0.2, -0.15) is 0 Å². The van der Waals surface area contributed by atoms with Gasteiger partial charge in [-0.1, -0.05) is 0 Å². The molecule has 11 heteroatoms. The fourth-order valence-electron chi connectivity index (χ4n) is 4.51. The maximum Gasteiger partial charge on any atom is 1.00 e. The van der Waals surface area contributed by atoms with Gasteiger partial charge in [0, 0.05) is 0 Å². The van der Waals surface area contributed by atoms with Crippen molar-refractivity contribution in [2.24, 2.45) is 5.92 Å². The summed E-state index contributed by atoms with van der Waals surface area (Å²) in [6.45, 7) is 11.3. The Hall–Kier alpha value is 3.43. The Balaban J connectivity index is 0.00000253. The molecule has 0 radical (unpaired) electrons. The van der Waals surface area contributed by atoms with Crippen LogP contribution >= 0.6 is 34.4 Å². The van der Waals surface area contributed by atoms with E-state index < -0.39 is 0 Å². The van der Waals surface area contributed by atoms with Gasteiger partial charge < -0.3 is 0 Å². The zero-order valence-electron chi connectivity index (χ0n) is 23.5. The summed E-state index contributed by atoms with van der Waals surface area (Å²) in [6.07, 6.45) is 6.28. The van der Waals surface area contributed by atoms with Crippen LogP contribution in [0, 0.1) is 5.92 Å². The second-order valence-electron chi connectivity index (χ2n) is 10.2. The van der Waals surface area contributed by atoms with Gasteiger partial charge in [-0.15, -0.1) is 0 Å². The number of nitrogens with zero attached hydrogens (tertiary/aromatic N) is 1. The van der Waals surface area contributed by atoms with E-state index in [1.807, 2.05) is 18.4 Å². The fourth-order valence-corrected chi connectivity index (χ4v) is 11.6. The Kier molecular flexibility index (Phi) is 16.0. The number of rotatable bonds is 9. The number of hydrogen-bond donors (Lipinski definition) is 0. The summed E-state index contributed by atoms with van der Waals surface area (Å²) in [6, 6.07) is 4.08. The first-order chi connectivity index (χ1) is 17.0. The molecule has 0 spiro atoms. The molecular formula is C27H31Cs2NO2S5Se. The van der Waals surface area contributed by atoms with E-state index in [0.29, 0.717) is 23.6 Å². The molecule has 2 amide bonds. The van der Waals surface area contributed by atoms with Crippen LogP contribution in [0.25, 0.3) is 19.1 Å². The van der Waals surface area contributed by atoms with Gasteiger partial charge in [0.2, 0.25) is 0 Å². The molecule has 0 fully saturated rings. The molecule has 0 aliphatic carbocycles. The summed E-state index contributed by atoms with van der Waals surface area (Å²) in [5, 5.41) is 0. The molecule has 1 atom stereocenters. The van der Waals surface area contributed by atoms with Crippen molar-refractivity contribution in [1.82, 2.24) is 4.90 Å². The molecule has 3 aromatic heterocycles. The predicted octanol–water partition coefficient (Wildman–Crippen LogP) is 1.85. The van der Waals surface area contributed by atoms with Crippen LogP contribution in [0.2, 0.25) is 0 Å². The van der Waals surface area contributed by atoms with Gasteiger partial charge in [-0.3, -0.25) is 0 Å². The fraction of sp³-hybridized carbons (Fsp3) is 0.481. The Morgan fingerprint density at radius 3 is 2.16 bits per heavy atom. The Labute approximate surface area is 374 Å². The largest absolute Gasteiger partial charge is 1.00 e. The van der Waals surface area contributed by atoms with Crippen molar-refractivity contribution in [2.45, 2.75) is 79.7 Å². The zero-order chi connectivity index (χ0) is 26.4. The van der Waals surface area contributed by atoms with Crippen molar-refractivity contribution in [2.75, 3.05) is 12.8 Å². The van der Waals surface area contributed by atoms with E-state index >= 15 is 0 Å². The van der Waals surface area contributed by atoms with Crippen LogP contribution < -0.4 is 138 Å². The molecule has 4 rings (SSSR count). The van der Waals surface area contributed by atoms with Crippen molar-refractivity contribution >= 4 is 86.0 Å². The first kappa shape index (κ1) is 37.6. The summed E-state index contributed by atoms with van der Waals surface area (Å²) in [5.74, 6) is 0.108. The van der Waals surface area contributed by atoms with E-state index in [1.165, 1.54) is 4.90 Å². The molecule has 3 aromatic rings. The third-order valence-corrected chi connectivity index (χ3v) is 14.9. The van der Waals surface area contributed by atoms with Gasteiger partial charge in [0.25, 0.3) is 0 Å². The second kappa shape index (κ2) is 16.1. The van der Waals surface area contributed by atoms with Crippen molar-refractivity contribution in [1.29, 1.82) is 0 Å². The molecule has 1 unspecified atom stereocenters. The van der Waals surface area contributed by atoms with Crippen LogP contribution in [0.3, 0.4) is 0 Å².